The van der Waals surface area contributed by atoms with Crippen molar-refractivity contribution in [1.29, 1.82) is 0 Å². The summed E-state index contributed by atoms with van der Waals surface area (Å²) < 4.78 is 0.852. The van der Waals surface area contributed by atoms with Gasteiger partial charge in [0, 0.05) is 23.6 Å². The Hall–Kier alpha value is -1.42. The van der Waals surface area contributed by atoms with E-state index in [1.54, 1.807) is 0 Å². The topological polar surface area (TPSA) is 34.5 Å². The molecule has 0 unspecified atom stereocenters. The molecule has 2 heterocycles. The van der Waals surface area contributed by atoms with Crippen LogP contribution in [0.3, 0.4) is 0 Å². The Kier molecular flexibility index (Phi) is 2.36. The van der Waals surface area contributed by atoms with Crippen molar-refractivity contribution in [1.82, 2.24) is 4.98 Å². The molecule has 1 aromatic heterocycles. The number of benzene rings is 1. The lowest BCUT2D eigenvalue weighted by atomic mass is 10.1. The Morgan fingerprint density at radius 1 is 1.31 bits per heavy atom. The van der Waals surface area contributed by atoms with E-state index in [9.17, 15) is 0 Å². The van der Waals surface area contributed by atoms with Gasteiger partial charge in [-0.25, -0.2) is 0 Å². The van der Waals surface area contributed by atoms with E-state index in [1.807, 2.05) is 24.4 Å². The predicted molar refractivity (Wildman–Crippen MR) is 66.5 cm³/mol. The number of pyridine rings is 1. The van der Waals surface area contributed by atoms with Crippen LogP contribution in [0.25, 0.3) is 10.9 Å². The number of hydrogen-bond acceptors (Lipinski definition) is 3. The zero-order valence-corrected chi connectivity index (χ0v) is 10.0. The number of halogens is 1. The molecule has 80 valence electrons. The molecule has 3 nitrogen and oxygen atoms in total. The fourth-order valence-corrected chi connectivity index (χ4v) is 2.17. The van der Waals surface area contributed by atoms with Crippen molar-refractivity contribution >= 4 is 31.5 Å². The molecule has 1 aliphatic rings. The van der Waals surface area contributed by atoms with Crippen LogP contribution in [-0.4, -0.2) is 9.60 Å². The minimum Gasteiger partial charge on any atom is -0.386 e. The Bertz CT molecular complexity index is 568. The molecule has 0 fully saturated rings. The normalized spacial score (nSPS) is 19.6. The Morgan fingerprint density at radius 2 is 2.19 bits per heavy atom. The molecule has 1 aliphatic heterocycles. The third-order valence-electron chi connectivity index (χ3n) is 2.62. The van der Waals surface area contributed by atoms with Crippen molar-refractivity contribution in [2.24, 2.45) is 5.16 Å². The van der Waals surface area contributed by atoms with Crippen molar-refractivity contribution < 1.29 is 4.84 Å². The van der Waals surface area contributed by atoms with Gasteiger partial charge in [-0.2, -0.15) is 0 Å². The van der Waals surface area contributed by atoms with Gasteiger partial charge in [0.05, 0.1) is 5.52 Å². The quantitative estimate of drug-likeness (QED) is 0.800. The number of oxime groups is 1. The highest BCUT2D eigenvalue weighted by Gasteiger charge is 2.21. The van der Waals surface area contributed by atoms with Crippen molar-refractivity contribution in [3.8, 4) is 0 Å². The molecular weight excluding hydrogens is 268 g/mol. The summed E-state index contributed by atoms with van der Waals surface area (Å²) in [7, 11) is 0. The van der Waals surface area contributed by atoms with Crippen LogP contribution in [0.1, 0.15) is 18.1 Å². The number of rotatable bonds is 1. The maximum absolute atomic E-state index is 5.30. The standard InChI is InChI=1S/C12H9BrN2O/c13-12-6-11(16-15-12)9-5-8-3-1-2-4-10(8)14-7-9/h1-5,7,11H,6H2/t11-/m0/s1. The van der Waals surface area contributed by atoms with Crippen molar-refractivity contribution in [3.05, 3.63) is 42.1 Å². The second-order valence-corrected chi connectivity index (χ2v) is 4.64. The summed E-state index contributed by atoms with van der Waals surface area (Å²) >= 11 is 3.33. The molecule has 0 saturated heterocycles. The van der Waals surface area contributed by atoms with Crippen molar-refractivity contribution in [3.63, 3.8) is 0 Å². The minimum atomic E-state index is -0.00789. The third-order valence-corrected chi connectivity index (χ3v) is 3.08. The molecule has 1 atom stereocenters. The number of nitrogens with zero attached hydrogens (tertiary/aromatic N) is 2. The van der Waals surface area contributed by atoms with Crippen LogP contribution in [0.15, 0.2) is 41.7 Å². The lowest BCUT2D eigenvalue weighted by molar-refractivity contribution is 0.0856. The van der Waals surface area contributed by atoms with E-state index in [2.05, 4.69) is 38.2 Å². The van der Waals surface area contributed by atoms with Gasteiger partial charge in [0.15, 0.2) is 6.10 Å². The van der Waals surface area contributed by atoms with E-state index in [-0.39, 0.29) is 6.10 Å². The first-order valence-corrected chi connectivity index (χ1v) is 5.85. The van der Waals surface area contributed by atoms with Gasteiger partial charge < -0.3 is 4.84 Å². The molecule has 16 heavy (non-hydrogen) atoms. The highest BCUT2D eigenvalue weighted by atomic mass is 79.9. The Morgan fingerprint density at radius 3 is 3.00 bits per heavy atom. The second kappa shape index (κ2) is 3.87. The van der Waals surface area contributed by atoms with E-state index in [4.69, 9.17) is 4.84 Å². The van der Waals surface area contributed by atoms with E-state index < -0.39 is 0 Å². The van der Waals surface area contributed by atoms with E-state index in [1.165, 1.54) is 0 Å². The predicted octanol–water partition coefficient (Wildman–Crippen LogP) is 3.40. The van der Waals surface area contributed by atoms with Crippen LogP contribution in [0.5, 0.6) is 0 Å². The van der Waals surface area contributed by atoms with Crippen LogP contribution in [0.4, 0.5) is 0 Å². The van der Waals surface area contributed by atoms with Gasteiger partial charge in [-0.3, -0.25) is 4.98 Å². The van der Waals surface area contributed by atoms with Gasteiger partial charge in [0.25, 0.3) is 0 Å². The highest BCUT2D eigenvalue weighted by Crippen LogP contribution is 2.29. The average molecular weight is 277 g/mol. The average Bonchev–Trinajstić information content (AvgIpc) is 2.75. The summed E-state index contributed by atoms with van der Waals surface area (Å²) in [6.45, 7) is 0. The third kappa shape index (κ3) is 1.69. The molecule has 0 aliphatic carbocycles. The summed E-state index contributed by atoms with van der Waals surface area (Å²) in [6.07, 6.45) is 2.63. The molecule has 0 saturated carbocycles. The number of para-hydroxylation sites is 1. The van der Waals surface area contributed by atoms with Crippen LogP contribution < -0.4 is 0 Å². The van der Waals surface area contributed by atoms with Gasteiger partial charge in [-0.15, -0.1) is 0 Å². The number of hydrogen-bond donors (Lipinski definition) is 0. The Labute approximate surface area is 101 Å². The largest absolute Gasteiger partial charge is 0.386 e. The van der Waals surface area contributed by atoms with Crippen LogP contribution >= 0.6 is 15.9 Å². The first-order chi connectivity index (χ1) is 7.83. The molecule has 2 aromatic rings. The summed E-state index contributed by atoms with van der Waals surface area (Å²) in [5.74, 6) is 0. The summed E-state index contributed by atoms with van der Waals surface area (Å²) in [5.41, 5.74) is 2.07. The van der Waals surface area contributed by atoms with Crippen molar-refractivity contribution in [2.45, 2.75) is 12.5 Å². The molecule has 4 heteroatoms. The van der Waals surface area contributed by atoms with E-state index in [0.29, 0.717) is 0 Å². The van der Waals surface area contributed by atoms with Crippen LogP contribution in [-0.2, 0) is 4.84 Å². The molecule has 0 bridgehead atoms. The summed E-state index contributed by atoms with van der Waals surface area (Å²) in [6, 6.07) is 10.2. The molecule has 0 radical (unpaired) electrons. The minimum absolute atomic E-state index is 0.00789. The van der Waals surface area contributed by atoms with Gasteiger partial charge in [0.1, 0.15) is 4.62 Å². The molecule has 0 spiro atoms. The van der Waals surface area contributed by atoms with Crippen LogP contribution in [0, 0.1) is 0 Å². The number of fused-ring (bicyclic) bond motifs is 1. The highest BCUT2D eigenvalue weighted by molar-refractivity contribution is 9.18. The summed E-state index contributed by atoms with van der Waals surface area (Å²) in [5, 5.41) is 5.01. The zero-order chi connectivity index (χ0) is 11.0. The Balaban J connectivity index is 1.99. The fraction of sp³-hybridized carbons (Fsp3) is 0.167. The van der Waals surface area contributed by atoms with E-state index in [0.717, 1.165) is 27.5 Å². The first-order valence-electron chi connectivity index (χ1n) is 5.06. The van der Waals surface area contributed by atoms with Crippen LogP contribution in [0.2, 0.25) is 0 Å². The fourth-order valence-electron chi connectivity index (χ4n) is 1.79. The molecule has 0 amide bonds. The lowest BCUT2D eigenvalue weighted by Gasteiger charge is -2.08. The second-order valence-electron chi connectivity index (χ2n) is 3.73. The van der Waals surface area contributed by atoms with Gasteiger partial charge in [-0.1, -0.05) is 23.4 Å². The van der Waals surface area contributed by atoms with E-state index >= 15 is 0 Å². The van der Waals surface area contributed by atoms with Crippen molar-refractivity contribution in [2.75, 3.05) is 0 Å². The first kappa shape index (κ1) is 9.78. The molecule has 3 rings (SSSR count). The molecule has 0 N–H and O–H groups in total. The lowest BCUT2D eigenvalue weighted by Crippen LogP contribution is -1.97. The zero-order valence-electron chi connectivity index (χ0n) is 8.43. The smallest absolute Gasteiger partial charge is 0.160 e. The van der Waals surface area contributed by atoms with Gasteiger partial charge >= 0.3 is 0 Å². The molecule has 1 aromatic carbocycles. The van der Waals surface area contributed by atoms with Gasteiger partial charge in [0.2, 0.25) is 0 Å². The van der Waals surface area contributed by atoms with Gasteiger partial charge in [-0.05, 0) is 28.1 Å². The maximum atomic E-state index is 5.30. The molecular formula is C12H9BrN2O. The summed E-state index contributed by atoms with van der Waals surface area (Å²) in [4.78, 5) is 9.71. The number of aromatic nitrogens is 1. The monoisotopic (exact) mass is 276 g/mol. The maximum Gasteiger partial charge on any atom is 0.160 e. The SMILES string of the molecule is BrC1=NO[C@H](c2cnc3ccccc3c2)C1.